The molecule has 1 nitrogen and oxygen atoms in total. The van der Waals surface area contributed by atoms with Crippen LogP contribution >= 0.6 is 12.6 Å². The van der Waals surface area contributed by atoms with Crippen molar-refractivity contribution in [2.45, 2.75) is 89.2 Å². The summed E-state index contributed by atoms with van der Waals surface area (Å²) in [4.78, 5) is 12.8. The SMILES string of the molecule is CCCCC(S)(CCCC)C(=O)C1CCCCC1. The van der Waals surface area contributed by atoms with E-state index in [4.69, 9.17) is 12.6 Å². The van der Waals surface area contributed by atoms with E-state index in [2.05, 4.69) is 13.8 Å². The molecule has 0 radical (unpaired) electrons. The number of hydrogen-bond acceptors (Lipinski definition) is 2. The van der Waals surface area contributed by atoms with Crippen LogP contribution in [0.15, 0.2) is 0 Å². The molecular weight excluding hydrogens is 240 g/mol. The summed E-state index contributed by atoms with van der Waals surface area (Å²) in [6.07, 6.45) is 12.5. The fraction of sp³-hybridized carbons (Fsp3) is 0.938. The number of ketones is 1. The van der Waals surface area contributed by atoms with Gasteiger partial charge in [-0.25, -0.2) is 0 Å². The average molecular weight is 270 g/mol. The third kappa shape index (κ3) is 4.60. The van der Waals surface area contributed by atoms with E-state index in [0.717, 1.165) is 51.4 Å². The number of unbranched alkanes of at least 4 members (excludes halogenated alkanes) is 2. The second-order valence-electron chi connectivity index (χ2n) is 5.94. The van der Waals surface area contributed by atoms with Crippen LogP contribution in [0.5, 0.6) is 0 Å². The Bertz CT molecular complexity index is 235. The molecule has 1 aliphatic rings. The molecule has 0 heterocycles. The summed E-state index contributed by atoms with van der Waals surface area (Å²) in [6.45, 7) is 4.39. The highest BCUT2D eigenvalue weighted by molar-refractivity contribution is 7.82. The molecule has 0 atom stereocenters. The molecule has 0 aromatic rings. The van der Waals surface area contributed by atoms with Crippen molar-refractivity contribution in [3.63, 3.8) is 0 Å². The first-order valence-corrected chi connectivity index (χ1v) is 8.35. The zero-order chi connectivity index (χ0) is 13.4. The lowest BCUT2D eigenvalue weighted by Gasteiger charge is -2.33. The molecule has 106 valence electrons. The fourth-order valence-corrected chi connectivity index (χ4v) is 3.55. The monoisotopic (exact) mass is 270 g/mol. The first kappa shape index (κ1) is 16.1. The Labute approximate surface area is 119 Å². The molecule has 1 saturated carbocycles. The minimum absolute atomic E-state index is 0.310. The Morgan fingerprint density at radius 3 is 2.00 bits per heavy atom. The summed E-state index contributed by atoms with van der Waals surface area (Å²) < 4.78 is -0.325. The van der Waals surface area contributed by atoms with Gasteiger partial charge in [-0.05, 0) is 25.7 Å². The summed E-state index contributed by atoms with van der Waals surface area (Å²) in [5, 5.41) is 0. The molecule has 2 heteroatoms. The number of carbonyl (C=O) groups excluding carboxylic acids is 1. The van der Waals surface area contributed by atoms with Crippen molar-refractivity contribution in [1.82, 2.24) is 0 Å². The maximum Gasteiger partial charge on any atom is 0.151 e. The number of carbonyl (C=O) groups is 1. The average Bonchev–Trinajstić information content (AvgIpc) is 2.43. The second-order valence-corrected chi connectivity index (χ2v) is 6.79. The molecule has 0 bridgehead atoms. The predicted octanol–water partition coefficient (Wildman–Crippen LogP) is 5.18. The van der Waals surface area contributed by atoms with Gasteiger partial charge in [-0.2, -0.15) is 12.6 Å². The lowest BCUT2D eigenvalue weighted by atomic mass is 9.78. The van der Waals surface area contributed by atoms with Crippen LogP contribution in [0.4, 0.5) is 0 Å². The van der Waals surface area contributed by atoms with E-state index >= 15 is 0 Å². The zero-order valence-corrected chi connectivity index (χ0v) is 13.1. The number of thiol groups is 1. The Hall–Kier alpha value is 0.0200. The molecule has 1 fully saturated rings. The van der Waals surface area contributed by atoms with Crippen LogP contribution in [0.1, 0.15) is 84.5 Å². The first-order valence-electron chi connectivity index (χ1n) is 7.90. The van der Waals surface area contributed by atoms with Crippen LogP contribution in [0, 0.1) is 5.92 Å². The molecule has 0 unspecified atom stereocenters. The van der Waals surface area contributed by atoms with Gasteiger partial charge < -0.3 is 0 Å². The highest BCUT2D eigenvalue weighted by Gasteiger charge is 2.37. The van der Waals surface area contributed by atoms with E-state index < -0.39 is 0 Å². The lowest BCUT2D eigenvalue weighted by Crippen LogP contribution is -2.38. The van der Waals surface area contributed by atoms with Crippen LogP contribution in [-0.4, -0.2) is 10.5 Å². The van der Waals surface area contributed by atoms with Gasteiger partial charge in [0.25, 0.3) is 0 Å². The maximum absolute atomic E-state index is 12.8. The van der Waals surface area contributed by atoms with Gasteiger partial charge in [0, 0.05) is 5.92 Å². The van der Waals surface area contributed by atoms with Crippen molar-refractivity contribution in [3.05, 3.63) is 0 Å². The van der Waals surface area contributed by atoms with Crippen molar-refractivity contribution in [2.24, 2.45) is 5.92 Å². The van der Waals surface area contributed by atoms with Gasteiger partial charge in [0.2, 0.25) is 0 Å². The molecule has 0 amide bonds. The number of rotatable bonds is 8. The third-order valence-corrected chi connectivity index (χ3v) is 4.99. The van der Waals surface area contributed by atoms with Crippen molar-refractivity contribution < 1.29 is 4.79 Å². The molecule has 0 aliphatic heterocycles. The molecule has 1 aliphatic carbocycles. The second kappa shape index (κ2) is 8.24. The Balaban J connectivity index is 2.63. The number of hydrogen-bond donors (Lipinski definition) is 1. The quantitative estimate of drug-likeness (QED) is 0.601. The van der Waals surface area contributed by atoms with Crippen LogP contribution in [0.3, 0.4) is 0 Å². The summed E-state index contributed by atoms with van der Waals surface area (Å²) in [5.41, 5.74) is 0. The van der Waals surface area contributed by atoms with Crippen molar-refractivity contribution >= 4 is 18.4 Å². The third-order valence-electron chi connectivity index (χ3n) is 4.32. The van der Waals surface area contributed by atoms with Gasteiger partial charge in [0.05, 0.1) is 4.75 Å². The Kier molecular flexibility index (Phi) is 7.36. The summed E-state index contributed by atoms with van der Waals surface area (Å²) >= 11 is 4.84. The maximum atomic E-state index is 12.8. The lowest BCUT2D eigenvalue weighted by molar-refractivity contribution is -0.126. The highest BCUT2D eigenvalue weighted by atomic mass is 32.1. The van der Waals surface area contributed by atoms with Crippen molar-refractivity contribution in [2.75, 3.05) is 0 Å². The Morgan fingerprint density at radius 2 is 1.56 bits per heavy atom. The zero-order valence-electron chi connectivity index (χ0n) is 12.2. The summed E-state index contributed by atoms with van der Waals surface area (Å²) in [5.74, 6) is 0.775. The minimum atomic E-state index is -0.325. The molecule has 0 aromatic carbocycles. The molecular formula is C16H30OS. The van der Waals surface area contributed by atoms with Crippen LogP contribution in [-0.2, 0) is 4.79 Å². The van der Waals surface area contributed by atoms with Crippen molar-refractivity contribution in [3.8, 4) is 0 Å². The van der Waals surface area contributed by atoms with Crippen molar-refractivity contribution in [1.29, 1.82) is 0 Å². The van der Waals surface area contributed by atoms with Gasteiger partial charge in [0.1, 0.15) is 0 Å². The molecule has 0 saturated heterocycles. The van der Waals surface area contributed by atoms with Gasteiger partial charge in [-0.15, -0.1) is 0 Å². The normalized spacial score (nSPS) is 17.9. The standard InChI is InChI=1S/C16H30OS/c1-3-5-12-16(18,13-6-4-2)15(17)14-10-8-7-9-11-14/h14,18H,3-13H2,1-2H3. The predicted molar refractivity (Wildman–Crippen MR) is 82.3 cm³/mol. The van der Waals surface area contributed by atoms with Gasteiger partial charge in [-0.3, -0.25) is 4.79 Å². The van der Waals surface area contributed by atoms with Crippen LogP contribution < -0.4 is 0 Å². The fourth-order valence-electron chi connectivity index (χ4n) is 3.05. The summed E-state index contributed by atoms with van der Waals surface area (Å²) in [7, 11) is 0. The summed E-state index contributed by atoms with van der Waals surface area (Å²) in [6, 6.07) is 0. The van der Waals surface area contributed by atoms with Crippen LogP contribution in [0.25, 0.3) is 0 Å². The van der Waals surface area contributed by atoms with E-state index in [1.54, 1.807) is 0 Å². The smallest absolute Gasteiger partial charge is 0.151 e. The molecule has 0 N–H and O–H groups in total. The van der Waals surface area contributed by atoms with E-state index in [1.165, 1.54) is 19.3 Å². The minimum Gasteiger partial charge on any atom is -0.298 e. The van der Waals surface area contributed by atoms with Gasteiger partial charge in [0.15, 0.2) is 5.78 Å². The topological polar surface area (TPSA) is 17.1 Å². The van der Waals surface area contributed by atoms with E-state index in [-0.39, 0.29) is 4.75 Å². The Morgan fingerprint density at radius 1 is 1.06 bits per heavy atom. The van der Waals surface area contributed by atoms with E-state index in [1.807, 2.05) is 0 Å². The van der Waals surface area contributed by atoms with Gasteiger partial charge >= 0.3 is 0 Å². The van der Waals surface area contributed by atoms with Gasteiger partial charge in [-0.1, -0.05) is 58.8 Å². The van der Waals surface area contributed by atoms with Crippen LogP contribution in [0.2, 0.25) is 0 Å². The largest absolute Gasteiger partial charge is 0.298 e. The van der Waals surface area contributed by atoms with E-state index in [0.29, 0.717) is 11.7 Å². The van der Waals surface area contributed by atoms with E-state index in [9.17, 15) is 4.79 Å². The first-order chi connectivity index (χ1) is 8.64. The number of Topliss-reactive ketones (excluding diaryl/α,β-unsaturated/α-hetero) is 1. The molecule has 0 aromatic heterocycles. The molecule has 18 heavy (non-hydrogen) atoms. The molecule has 0 spiro atoms. The highest BCUT2D eigenvalue weighted by Crippen LogP contribution is 2.36. The molecule has 1 rings (SSSR count).